The molecule has 0 bridgehead atoms. The number of thiophene rings is 1. The van der Waals surface area contributed by atoms with Crippen molar-refractivity contribution in [3.8, 4) is 11.1 Å². The van der Waals surface area contributed by atoms with E-state index in [1.165, 1.54) is 53.1 Å². The van der Waals surface area contributed by atoms with Crippen LogP contribution >= 0.6 is 11.3 Å². The molecule has 0 unspecified atom stereocenters. The van der Waals surface area contributed by atoms with E-state index in [1.807, 2.05) is 11.3 Å². The third-order valence-corrected chi connectivity index (χ3v) is 6.75. The third kappa shape index (κ3) is 2.05. The highest BCUT2D eigenvalue weighted by atomic mass is 32.1. The Bertz CT molecular complexity index is 1470. The van der Waals surface area contributed by atoms with Gasteiger partial charge in [-0.2, -0.15) is 0 Å². The lowest BCUT2D eigenvalue weighted by atomic mass is 10.0. The Morgan fingerprint density at radius 3 is 2.26 bits per heavy atom. The van der Waals surface area contributed by atoms with Crippen molar-refractivity contribution in [3.63, 3.8) is 0 Å². The maximum absolute atomic E-state index is 2.37. The van der Waals surface area contributed by atoms with Crippen LogP contribution in [0.5, 0.6) is 0 Å². The molecule has 2 aromatic heterocycles. The summed E-state index contributed by atoms with van der Waals surface area (Å²) < 4.78 is 5.03. The molecule has 4 aromatic carbocycles. The fourth-order valence-corrected chi connectivity index (χ4v) is 5.42. The molecule has 27 heavy (non-hydrogen) atoms. The Kier molecular flexibility index (Phi) is 3.03. The number of benzene rings is 4. The van der Waals surface area contributed by atoms with Crippen LogP contribution in [0.15, 0.2) is 84.9 Å². The van der Waals surface area contributed by atoms with Crippen molar-refractivity contribution in [2.75, 3.05) is 0 Å². The summed E-state index contributed by atoms with van der Waals surface area (Å²) in [5.74, 6) is 0. The first-order valence-electron chi connectivity index (χ1n) is 9.19. The molecule has 2 heterocycles. The van der Waals surface area contributed by atoms with Crippen molar-refractivity contribution in [3.05, 3.63) is 84.9 Å². The average molecular weight is 363 g/mol. The van der Waals surface area contributed by atoms with Gasteiger partial charge < -0.3 is 4.57 Å². The number of hydrogen-bond acceptors (Lipinski definition) is 1. The van der Waals surface area contributed by atoms with Crippen LogP contribution in [0.3, 0.4) is 0 Å². The molecule has 0 aliphatic carbocycles. The summed E-state index contributed by atoms with van der Waals surface area (Å²) in [5.41, 5.74) is 5.14. The summed E-state index contributed by atoms with van der Waals surface area (Å²) in [7, 11) is 2.17. The molecular formula is C25H17NS. The first-order valence-corrected chi connectivity index (χ1v) is 10.0. The largest absolute Gasteiger partial charge is 0.344 e. The zero-order chi connectivity index (χ0) is 18.0. The molecule has 6 aromatic rings. The summed E-state index contributed by atoms with van der Waals surface area (Å²) in [5, 5.41) is 5.47. The number of fused-ring (bicyclic) bond motifs is 7. The second kappa shape index (κ2) is 5.45. The van der Waals surface area contributed by atoms with E-state index in [1.54, 1.807) is 0 Å². The molecule has 0 saturated carbocycles. The van der Waals surface area contributed by atoms with Crippen molar-refractivity contribution < 1.29 is 0 Å². The van der Waals surface area contributed by atoms with E-state index in [2.05, 4.69) is 96.5 Å². The van der Waals surface area contributed by atoms with Gasteiger partial charge in [0, 0.05) is 49.0 Å². The molecular weight excluding hydrogens is 346 g/mol. The lowest BCUT2D eigenvalue weighted by Gasteiger charge is -2.03. The van der Waals surface area contributed by atoms with Gasteiger partial charge in [0.1, 0.15) is 0 Å². The smallest absolute Gasteiger partial charge is 0.0496 e. The highest BCUT2D eigenvalue weighted by Gasteiger charge is 2.15. The molecule has 0 amide bonds. The zero-order valence-corrected chi connectivity index (χ0v) is 15.8. The molecule has 6 rings (SSSR count). The van der Waals surface area contributed by atoms with Gasteiger partial charge in [0.05, 0.1) is 0 Å². The van der Waals surface area contributed by atoms with E-state index in [0.29, 0.717) is 0 Å². The van der Waals surface area contributed by atoms with Gasteiger partial charge in [0.25, 0.3) is 0 Å². The minimum absolute atomic E-state index is 1.27. The number of aromatic nitrogens is 1. The Morgan fingerprint density at radius 2 is 1.37 bits per heavy atom. The summed E-state index contributed by atoms with van der Waals surface area (Å²) in [6, 6.07) is 30.8. The van der Waals surface area contributed by atoms with Crippen LogP contribution in [-0.2, 0) is 7.05 Å². The standard InChI is InChI=1S/C25H17NS/c1-26-20-10-6-5-9-18(20)24-21(26)12-14-23-25(24)19-15-17(11-13-22(19)27-23)16-7-3-2-4-8-16/h2-15H,1H3. The van der Waals surface area contributed by atoms with Gasteiger partial charge in [-0.25, -0.2) is 0 Å². The molecule has 0 N–H and O–H groups in total. The Labute approximate surface area is 161 Å². The van der Waals surface area contributed by atoms with E-state index < -0.39 is 0 Å². The van der Waals surface area contributed by atoms with Crippen molar-refractivity contribution in [2.24, 2.45) is 7.05 Å². The maximum Gasteiger partial charge on any atom is 0.0496 e. The minimum atomic E-state index is 1.27. The topological polar surface area (TPSA) is 4.93 Å². The summed E-state index contributed by atoms with van der Waals surface area (Å²) in [4.78, 5) is 0. The second-order valence-corrected chi connectivity index (χ2v) is 8.17. The summed E-state index contributed by atoms with van der Waals surface area (Å²) >= 11 is 1.89. The minimum Gasteiger partial charge on any atom is -0.344 e. The first-order chi connectivity index (χ1) is 13.3. The lowest BCUT2D eigenvalue weighted by Crippen LogP contribution is -1.85. The van der Waals surface area contributed by atoms with Gasteiger partial charge in [-0.05, 0) is 41.5 Å². The molecule has 0 spiro atoms. The van der Waals surface area contributed by atoms with Crippen LogP contribution < -0.4 is 0 Å². The molecule has 0 aliphatic heterocycles. The first kappa shape index (κ1) is 15.0. The summed E-state index contributed by atoms with van der Waals surface area (Å²) in [6.07, 6.45) is 0. The van der Waals surface area contributed by atoms with Crippen LogP contribution in [0.4, 0.5) is 0 Å². The fourth-order valence-electron chi connectivity index (χ4n) is 4.33. The number of aryl methyl sites for hydroxylation is 1. The fraction of sp³-hybridized carbons (Fsp3) is 0.0400. The number of rotatable bonds is 1. The number of nitrogens with zero attached hydrogens (tertiary/aromatic N) is 1. The number of hydrogen-bond donors (Lipinski definition) is 0. The lowest BCUT2D eigenvalue weighted by molar-refractivity contribution is 1.01. The van der Waals surface area contributed by atoms with Gasteiger partial charge in [0.2, 0.25) is 0 Å². The van der Waals surface area contributed by atoms with Gasteiger partial charge in [-0.15, -0.1) is 11.3 Å². The van der Waals surface area contributed by atoms with Crippen LogP contribution in [0.25, 0.3) is 53.1 Å². The van der Waals surface area contributed by atoms with E-state index in [4.69, 9.17) is 0 Å². The van der Waals surface area contributed by atoms with Gasteiger partial charge in [0.15, 0.2) is 0 Å². The molecule has 128 valence electrons. The van der Waals surface area contributed by atoms with Gasteiger partial charge in [-0.3, -0.25) is 0 Å². The predicted octanol–water partition coefficient (Wildman–Crippen LogP) is 7.37. The number of para-hydroxylation sites is 1. The zero-order valence-electron chi connectivity index (χ0n) is 14.9. The average Bonchev–Trinajstić information content (AvgIpc) is 3.24. The third-order valence-electron chi connectivity index (χ3n) is 5.62. The van der Waals surface area contributed by atoms with Gasteiger partial charge >= 0.3 is 0 Å². The Hall–Kier alpha value is -3.10. The molecule has 0 atom stereocenters. The highest BCUT2D eigenvalue weighted by molar-refractivity contribution is 7.26. The van der Waals surface area contributed by atoms with Crippen molar-refractivity contribution >= 4 is 53.3 Å². The molecule has 2 heteroatoms. The van der Waals surface area contributed by atoms with E-state index >= 15 is 0 Å². The van der Waals surface area contributed by atoms with Crippen LogP contribution in [0.1, 0.15) is 0 Å². The Balaban J connectivity index is 1.81. The van der Waals surface area contributed by atoms with Crippen molar-refractivity contribution in [1.29, 1.82) is 0 Å². The predicted molar refractivity (Wildman–Crippen MR) is 119 cm³/mol. The SMILES string of the molecule is Cn1c2ccccc2c2c3c(ccc21)sc1ccc(-c2ccccc2)cc13. The second-order valence-electron chi connectivity index (χ2n) is 7.09. The monoisotopic (exact) mass is 363 g/mol. The molecule has 0 radical (unpaired) electrons. The van der Waals surface area contributed by atoms with Gasteiger partial charge in [-0.1, -0.05) is 54.6 Å². The summed E-state index contributed by atoms with van der Waals surface area (Å²) in [6.45, 7) is 0. The molecule has 0 saturated heterocycles. The van der Waals surface area contributed by atoms with Crippen LogP contribution in [-0.4, -0.2) is 4.57 Å². The molecule has 1 nitrogen and oxygen atoms in total. The normalized spacial score (nSPS) is 11.9. The van der Waals surface area contributed by atoms with Crippen molar-refractivity contribution in [1.82, 2.24) is 4.57 Å². The molecule has 0 aliphatic rings. The van der Waals surface area contributed by atoms with E-state index in [9.17, 15) is 0 Å². The maximum atomic E-state index is 2.37. The quantitative estimate of drug-likeness (QED) is 0.287. The molecule has 0 fully saturated rings. The Morgan fingerprint density at radius 1 is 0.593 bits per heavy atom. The van der Waals surface area contributed by atoms with E-state index in [0.717, 1.165) is 0 Å². The van der Waals surface area contributed by atoms with Crippen molar-refractivity contribution in [2.45, 2.75) is 0 Å². The van der Waals surface area contributed by atoms with E-state index in [-0.39, 0.29) is 0 Å². The van der Waals surface area contributed by atoms with Crippen LogP contribution in [0.2, 0.25) is 0 Å². The van der Waals surface area contributed by atoms with Crippen LogP contribution in [0, 0.1) is 0 Å². The highest BCUT2D eigenvalue weighted by Crippen LogP contribution is 2.43.